The Balaban J connectivity index is 1.35. The van der Waals surface area contributed by atoms with Gasteiger partial charge < -0.3 is 14.6 Å². The van der Waals surface area contributed by atoms with Gasteiger partial charge in [0.1, 0.15) is 5.82 Å². The molecule has 128 valence electrons. The maximum absolute atomic E-state index is 13.3. The van der Waals surface area contributed by atoms with Gasteiger partial charge in [0.2, 0.25) is 0 Å². The predicted octanol–water partition coefficient (Wildman–Crippen LogP) is 2.40. The monoisotopic (exact) mass is 330 g/mol. The van der Waals surface area contributed by atoms with Crippen molar-refractivity contribution in [2.45, 2.75) is 31.0 Å². The average Bonchev–Trinajstić information content (AvgIpc) is 3.24. The third-order valence-corrected chi connectivity index (χ3v) is 5.10. The van der Waals surface area contributed by atoms with Crippen LogP contribution in [0.4, 0.5) is 10.1 Å². The fourth-order valence-electron chi connectivity index (χ4n) is 3.86. The third-order valence-electron chi connectivity index (χ3n) is 5.10. The number of aryl methyl sites for hydroxylation is 1. The van der Waals surface area contributed by atoms with Crippen molar-refractivity contribution in [3.63, 3.8) is 0 Å². The van der Waals surface area contributed by atoms with Crippen molar-refractivity contribution < 1.29 is 9.13 Å². The highest BCUT2D eigenvalue weighted by Crippen LogP contribution is 2.36. The van der Waals surface area contributed by atoms with Crippen LogP contribution in [-0.2, 0) is 18.3 Å². The van der Waals surface area contributed by atoms with Crippen LogP contribution in [0, 0.1) is 5.82 Å². The maximum atomic E-state index is 13.3. The first kappa shape index (κ1) is 15.6. The van der Waals surface area contributed by atoms with Crippen LogP contribution >= 0.6 is 0 Å². The molecule has 1 spiro atoms. The van der Waals surface area contributed by atoms with E-state index in [4.69, 9.17) is 4.74 Å². The summed E-state index contributed by atoms with van der Waals surface area (Å²) in [6.07, 6.45) is 5.78. The van der Waals surface area contributed by atoms with Crippen LogP contribution in [0.5, 0.6) is 0 Å². The Morgan fingerprint density at radius 1 is 1.46 bits per heavy atom. The lowest BCUT2D eigenvalue weighted by atomic mass is 9.97. The molecule has 0 aliphatic carbocycles. The van der Waals surface area contributed by atoms with Gasteiger partial charge in [0.25, 0.3) is 0 Å². The molecule has 0 radical (unpaired) electrons. The summed E-state index contributed by atoms with van der Waals surface area (Å²) < 4.78 is 21.6. The van der Waals surface area contributed by atoms with E-state index < -0.39 is 0 Å². The predicted molar refractivity (Wildman–Crippen MR) is 90.2 cm³/mol. The zero-order valence-electron chi connectivity index (χ0n) is 13.9. The van der Waals surface area contributed by atoms with Crippen molar-refractivity contribution in [3.8, 4) is 0 Å². The lowest BCUT2D eigenvalue weighted by Crippen LogP contribution is -2.33. The molecular weight excluding hydrogens is 307 g/mol. The second kappa shape index (κ2) is 6.18. The molecule has 2 unspecified atom stereocenters. The number of nitrogens with zero attached hydrogens (tertiary/aromatic N) is 3. The fourth-order valence-corrected chi connectivity index (χ4v) is 3.86. The Morgan fingerprint density at radius 3 is 3.17 bits per heavy atom. The van der Waals surface area contributed by atoms with Crippen LogP contribution in [0.15, 0.2) is 36.8 Å². The van der Waals surface area contributed by atoms with Gasteiger partial charge in [0.05, 0.1) is 30.3 Å². The molecule has 2 atom stereocenters. The summed E-state index contributed by atoms with van der Waals surface area (Å²) in [7, 11) is 2.03. The van der Waals surface area contributed by atoms with Gasteiger partial charge in [-0.25, -0.2) is 9.37 Å². The highest BCUT2D eigenvalue weighted by atomic mass is 19.1. The standard InChI is InChI=1S/C18H23FN4O/c1-22-13-20-9-17(22)10-23-6-5-18(12-23)8-16(11-24-18)21-15-4-2-3-14(19)7-15/h2-4,7,9,13,16,21H,5-6,8,10-12H2,1H3. The Labute approximate surface area is 141 Å². The van der Waals surface area contributed by atoms with Gasteiger partial charge in [-0.15, -0.1) is 0 Å². The van der Waals surface area contributed by atoms with E-state index in [9.17, 15) is 4.39 Å². The van der Waals surface area contributed by atoms with Gasteiger partial charge in [-0.1, -0.05) is 6.07 Å². The lowest BCUT2D eigenvalue weighted by Gasteiger charge is -2.23. The zero-order chi connectivity index (χ0) is 16.6. The summed E-state index contributed by atoms with van der Waals surface area (Å²) in [5.74, 6) is -0.211. The average molecular weight is 330 g/mol. The maximum Gasteiger partial charge on any atom is 0.125 e. The van der Waals surface area contributed by atoms with E-state index in [-0.39, 0.29) is 17.5 Å². The van der Waals surface area contributed by atoms with Crippen LogP contribution in [0.1, 0.15) is 18.5 Å². The smallest absolute Gasteiger partial charge is 0.125 e. The minimum absolute atomic E-state index is 0.0659. The van der Waals surface area contributed by atoms with Crippen LogP contribution in [0.3, 0.4) is 0 Å². The number of imidazole rings is 1. The molecule has 3 heterocycles. The first-order valence-electron chi connectivity index (χ1n) is 8.46. The van der Waals surface area contributed by atoms with Crippen LogP contribution in [0.2, 0.25) is 0 Å². The van der Waals surface area contributed by atoms with Gasteiger partial charge >= 0.3 is 0 Å². The van der Waals surface area contributed by atoms with Gasteiger partial charge in [0, 0.05) is 45.0 Å². The second-order valence-electron chi connectivity index (χ2n) is 7.01. The highest BCUT2D eigenvalue weighted by molar-refractivity contribution is 5.44. The number of hydrogen-bond donors (Lipinski definition) is 1. The van der Waals surface area contributed by atoms with Gasteiger partial charge in [-0.3, -0.25) is 4.90 Å². The number of halogens is 1. The molecule has 2 aromatic rings. The Bertz CT molecular complexity index is 719. The zero-order valence-corrected chi connectivity index (χ0v) is 13.9. The number of likely N-dealkylation sites (tertiary alicyclic amines) is 1. The first-order valence-corrected chi connectivity index (χ1v) is 8.46. The summed E-state index contributed by atoms with van der Waals surface area (Å²) in [6, 6.07) is 6.87. The fraction of sp³-hybridized carbons (Fsp3) is 0.500. The van der Waals surface area contributed by atoms with Crippen molar-refractivity contribution >= 4 is 5.69 Å². The van der Waals surface area contributed by atoms with Crippen molar-refractivity contribution in [2.75, 3.05) is 25.0 Å². The molecule has 1 N–H and O–H groups in total. The number of nitrogens with one attached hydrogen (secondary N) is 1. The van der Waals surface area contributed by atoms with E-state index in [2.05, 4.69) is 19.8 Å². The number of benzene rings is 1. The Morgan fingerprint density at radius 2 is 2.38 bits per heavy atom. The summed E-state index contributed by atoms with van der Waals surface area (Å²) >= 11 is 0. The number of ether oxygens (including phenoxy) is 1. The molecular formula is C18H23FN4O. The molecule has 2 aliphatic heterocycles. The van der Waals surface area contributed by atoms with Gasteiger partial charge in [-0.2, -0.15) is 0 Å². The van der Waals surface area contributed by atoms with E-state index in [1.165, 1.54) is 17.8 Å². The van der Waals surface area contributed by atoms with E-state index in [1.807, 2.05) is 25.6 Å². The molecule has 4 rings (SSSR count). The minimum Gasteiger partial charge on any atom is -0.380 e. The van der Waals surface area contributed by atoms with Gasteiger partial charge in [0.15, 0.2) is 0 Å². The normalized spacial score (nSPS) is 27.2. The largest absolute Gasteiger partial charge is 0.380 e. The molecule has 0 amide bonds. The number of hydrogen-bond acceptors (Lipinski definition) is 4. The molecule has 0 bridgehead atoms. The minimum atomic E-state index is -0.211. The highest BCUT2D eigenvalue weighted by Gasteiger charge is 2.45. The topological polar surface area (TPSA) is 42.3 Å². The molecule has 1 aromatic carbocycles. The number of anilines is 1. The molecule has 2 fully saturated rings. The van der Waals surface area contributed by atoms with Crippen molar-refractivity contribution in [1.82, 2.24) is 14.5 Å². The van der Waals surface area contributed by atoms with E-state index in [0.29, 0.717) is 6.61 Å². The van der Waals surface area contributed by atoms with Crippen molar-refractivity contribution in [2.24, 2.45) is 7.05 Å². The summed E-state index contributed by atoms with van der Waals surface area (Å²) in [4.78, 5) is 6.62. The van der Waals surface area contributed by atoms with E-state index in [1.54, 1.807) is 6.07 Å². The molecule has 24 heavy (non-hydrogen) atoms. The molecule has 0 saturated carbocycles. The van der Waals surface area contributed by atoms with Crippen LogP contribution < -0.4 is 5.32 Å². The Hall–Kier alpha value is -1.92. The molecule has 2 saturated heterocycles. The van der Waals surface area contributed by atoms with Crippen molar-refractivity contribution in [1.29, 1.82) is 0 Å². The Kier molecular flexibility index (Phi) is 4.02. The molecule has 5 nitrogen and oxygen atoms in total. The second-order valence-corrected chi connectivity index (χ2v) is 7.01. The number of aromatic nitrogens is 2. The van der Waals surface area contributed by atoms with Crippen molar-refractivity contribution in [3.05, 3.63) is 48.3 Å². The molecule has 1 aromatic heterocycles. The number of rotatable bonds is 4. The summed E-state index contributed by atoms with van der Waals surface area (Å²) in [6.45, 7) is 3.57. The van der Waals surface area contributed by atoms with Crippen LogP contribution in [-0.4, -0.2) is 45.8 Å². The van der Waals surface area contributed by atoms with E-state index in [0.717, 1.165) is 38.2 Å². The molecule has 2 aliphatic rings. The van der Waals surface area contributed by atoms with Crippen LogP contribution in [0.25, 0.3) is 0 Å². The van der Waals surface area contributed by atoms with Gasteiger partial charge in [-0.05, 0) is 24.6 Å². The summed E-state index contributed by atoms with van der Waals surface area (Å²) in [5, 5.41) is 3.40. The lowest BCUT2D eigenvalue weighted by molar-refractivity contribution is 0.0118. The SMILES string of the molecule is Cn1cncc1CN1CCC2(CC(Nc3cccc(F)c3)CO2)C1. The van der Waals surface area contributed by atoms with E-state index >= 15 is 0 Å². The molecule has 6 heteroatoms. The summed E-state index contributed by atoms with van der Waals surface area (Å²) in [5.41, 5.74) is 1.98. The third kappa shape index (κ3) is 3.16. The first-order chi connectivity index (χ1) is 11.6. The quantitative estimate of drug-likeness (QED) is 0.935.